The summed E-state index contributed by atoms with van der Waals surface area (Å²) in [6.45, 7) is 10.8. The van der Waals surface area contributed by atoms with E-state index in [1.165, 1.54) is 27.4 Å². The number of allylic oxidation sites excluding steroid dienone is 4. The SMILES string of the molecule is C=CC/C(=C/C(/C=C\Cc1ccccc1O)c1ccccc1O)Nc1ccc(-c2ccc3c(c2)c2ccccc2n3C(C)(C)C)cc1. The largest absolute Gasteiger partial charge is 0.508 e. The highest BCUT2D eigenvalue weighted by atomic mass is 16.3. The van der Waals surface area contributed by atoms with Gasteiger partial charge in [0, 0.05) is 56.6 Å². The number of benzene rings is 5. The predicted octanol–water partition coefficient (Wildman–Crippen LogP) is 11.1. The van der Waals surface area contributed by atoms with Crippen LogP contribution in [0.2, 0.25) is 0 Å². The standard InChI is InChI=1S/C43H42N2O2/c1-5-13-35(28-33(36-17-8-11-21-42(36)47)16-12-15-31-14-6-10-20-41(31)46)44-34-25-22-30(23-26-34)32-24-27-40-38(29-32)37-18-7-9-19-39(37)45(40)43(2,3)4/h5-12,14,16-29,33,44,46-47H,1,13,15H2,2-4H3/b16-12-,35-28-. The lowest BCUT2D eigenvalue weighted by Gasteiger charge is -2.24. The van der Waals surface area contributed by atoms with Crippen molar-refractivity contribution in [2.24, 2.45) is 0 Å². The second kappa shape index (κ2) is 13.5. The van der Waals surface area contributed by atoms with Crippen molar-refractivity contribution in [2.75, 3.05) is 5.32 Å². The molecule has 0 aliphatic heterocycles. The maximum Gasteiger partial charge on any atom is 0.119 e. The Labute approximate surface area is 277 Å². The van der Waals surface area contributed by atoms with E-state index in [2.05, 4.69) is 116 Å². The van der Waals surface area contributed by atoms with Crippen molar-refractivity contribution in [3.8, 4) is 22.6 Å². The number of phenols is 2. The molecule has 0 fully saturated rings. The molecule has 0 aliphatic rings. The highest BCUT2D eigenvalue weighted by Crippen LogP contribution is 2.37. The summed E-state index contributed by atoms with van der Waals surface area (Å²) >= 11 is 0. The van der Waals surface area contributed by atoms with E-state index in [0.717, 1.165) is 28.1 Å². The number of nitrogens with one attached hydrogen (secondary N) is 1. The number of aromatic hydroxyl groups is 2. The molecule has 0 saturated carbocycles. The molecule has 0 radical (unpaired) electrons. The van der Waals surface area contributed by atoms with Gasteiger partial charge < -0.3 is 20.1 Å². The number of phenolic OH excluding ortho intramolecular Hbond substituents is 2. The number of nitrogens with zero attached hydrogens (tertiary/aromatic N) is 1. The van der Waals surface area contributed by atoms with E-state index in [1.54, 1.807) is 12.1 Å². The molecule has 3 N–H and O–H groups in total. The number of fused-ring (bicyclic) bond motifs is 3. The lowest BCUT2D eigenvalue weighted by atomic mass is 9.95. The Kier molecular flexibility index (Phi) is 9.03. The highest BCUT2D eigenvalue weighted by Gasteiger charge is 2.20. The molecule has 0 bridgehead atoms. The van der Waals surface area contributed by atoms with Crippen LogP contribution in [0.5, 0.6) is 11.5 Å². The highest BCUT2D eigenvalue weighted by molar-refractivity contribution is 6.09. The van der Waals surface area contributed by atoms with Crippen LogP contribution in [0.25, 0.3) is 32.9 Å². The first-order valence-electron chi connectivity index (χ1n) is 16.2. The van der Waals surface area contributed by atoms with Crippen LogP contribution < -0.4 is 5.32 Å². The molecule has 0 amide bonds. The first-order valence-corrected chi connectivity index (χ1v) is 16.2. The fraction of sp³-hybridized carbons (Fsp3) is 0.163. The van der Waals surface area contributed by atoms with Crippen LogP contribution in [0, 0.1) is 0 Å². The Balaban J connectivity index is 1.28. The van der Waals surface area contributed by atoms with Crippen LogP contribution in [0.4, 0.5) is 5.69 Å². The normalized spacial score (nSPS) is 13.0. The number of rotatable bonds is 10. The molecule has 1 aromatic heterocycles. The third kappa shape index (κ3) is 6.87. The van der Waals surface area contributed by atoms with Crippen molar-refractivity contribution in [3.05, 3.63) is 163 Å². The van der Waals surface area contributed by atoms with Gasteiger partial charge >= 0.3 is 0 Å². The summed E-state index contributed by atoms with van der Waals surface area (Å²) in [4.78, 5) is 0. The molecular weight excluding hydrogens is 576 g/mol. The Morgan fingerprint density at radius 1 is 0.766 bits per heavy atom. The first-order chi connectivity index (χ1) is 22.7. The fourth-order valence-corrected chi connectivity index (χ4v) is 6.38. The molecule has 0 spiro atoms. The summed E-state index contributed by atoms with van der Waals surface area (Å²) in [7, 11) is 0. The predicted molar refractivity (Wildman–Crippen MR) is 198 cm³/mol. The van der Waals surface area contributed by atoms with Crippen LogP contribution in [-0.4, -0.2) is 14.8 Å². The molecule has 1 atom stereocenters. The molecule has 5 aromatic carbocycles. The van der Waals surface area contributed by atoms with Gasteiger partial charge in [0.05, 0.1) is 0 Å². The van der Waals surface area contributed by atoms with Gasteiger partial charge in [0.1, 0.15) is 11.5 Å². The summed E-state index contributed by atoms with van der Waals surface area (Å²) in [5.41, 5.74) is 8.40. The Morgan fingerprint density at radius 3 is 2.15 bits per heavy atom. The van der Waals surface area contributed by atoms with E-state index in [9.17, 15) is 10.2 Å². The van der Waals surface area contributed by atoms with Crippen molar-refractivity contribution >= 4 is 27.5 Å². The smallest absolute Gasteiger partial charge is 0.119 e. The van der Waals surface area contributed by atoms with Crippen molar-refractivity contribution in [3.63, 3.8) is 0 Å². The summed E-state index contributed by atoms with van der Waals surface area (Å²) in [6, 6.07) is 38.7. The van der Waals surface area contributed by atoms with E-state index >= 15 is 0 Å². The van der Waals surface area contributed by atoms with Gasteiger partial charge in [-0.05, 0) is 86.3 Å². The van der Waals surface area contributed by atoms with Gasteiger partial charge in [-0.25, -0.2) is 0 Å². The zero-order valence-corrected chi connectivity index (χ0v) is 27.3. The molecule has 0 aliphatic carbocycles. The van der Waals surface area contributed by atoms with Crippen LogP contribution >= 0.6 is 0 Å². The van der Waals surface area contributed by atoms with Crippen LogP contribution in [0.15, 0.2) is 152 Å². The number of aromatic nitrogens is 1. The topological polar surface area (TPSA) is 57.4 Å². The molecule has 6 rings (SSSR count). The van der Waals surface area contributed by atoms with Crippen molar-refractivity contribution in [2.45, 2.75) is 45.1 Å². The zero-order chi connectivity index (χ0) is 33.0. The average molecular weight is 619 g/mol. The lowest BCUT2D eigenvalue weighted by molar-refractivity contribution is 0.423. The molecule has 6 aromatic rings. The lowest BCUT2D eigenvalue weighted by Crippen LogP contribution is -2.21. The van der Waals surface area contributed by atoms with Gasteiger partial charge in [-0.2, -0.15) is 0 Å². The first kappa shape index (κ1) is 31.5. The van der Waals surface area contributed by atoms with Crippen molar-refractivity contribution in [1.82, 2.24) is 4.57 Å². The summed E-state index contributed by atoms with van der Waals surface area (Å²) in [5.74, 6) is 0.331. The molecule has 47 heavy (non-hydrogen) atoms. The maximum atomic E-state index is 10.7. The molecule has 0 saturated heterocycles. The summed E-state index contributed by atoms with van der Waals surface area (Å²) in [5, 5.41) is 27.1. The van der Waals surface area contributed by atoms with E-state index in [4.69, 9.17) is 0 Å². The van der Waals surface area contributed by atoms with E-state index in [1.807, 2.05) is 48.6 Å². The minimum Gasteiger partial charge on any atom is -0.508 e. The van der Waals surface area contributed by atoms with E-state index in [-0.39, 0.29) is 23.0 Å². The summed E-state index contributed by atoms with van der Waals surface area (Å²) < 4.78 is 2.44. The van der Waals surface area contributed by atoms with Gasteiger partial charge in [0.2, 0.25) is 0 Å². The zero-order valence-electron chi connectivity index (χ0n) is 27.3. The van der Waals surface area contributed by atoms with Crippen LogP contribution in [-0.2, 0) is 12.0 Å². The third-order valence-corrected chi connectivity index (χ3v) is 8.58. The monoisotopic (exact) mass is 618 g/mol. The molecule has 4 nitrogen and oxygen atoms in total. The number of anilines is 1. The van der Waals surface area contributed by atoms with E-state index < -0.39 is 0 Å². The van der Waals surface area contributed by atoms with Gasteiger partial charge in [0.15, 0.2) is 0 Å². The van der Waals surface area contributed by atoms with Gasteiger partial charge in [0.25, 0.3) is 0 Å². The van der Waals surface area contributed by atoms with Crippen LogP contribution in [0.3, 0.4) is 0 Å². The minimum atomic E-state index is -0.189. The average Bonchev–Trinajstić information content (AvgIpc) is 3.40. The molecular formula is C43H42N2O2. The molecule has 236 valence electrons. The fourth-order valence-electron chi connectivity index (χ4n) is 6.38. The van der Waals surface area contributed by atoms with Crippen LogP contribution in [0.1, 0.15) is 44.2 Å². The second-order valence-electron chi connectivity index (χ2n) is 13.0. The second-order valence-corrected chi connectivity index (χ2v) is 13.0. The van der Waals surface area contributed by atoms with Crippen molar-refractivity contribution < 1.29 is 10.2 Å². The quantitative estimate of drug-likeness (QED) is 0.134. The maximum absolute atomic E-state index is 10.7. The Hall–Kier alpha value is -5.48. The van der Waals surface area contributed by atoms with Gasteiger partial charge in [-0.3, -0.25) is 0 Å². The minimum absolute atomic E-state index is 0.0360. The third-order valence-electron chi connectivity index (χ3n) is 8.58. The number of hydrogen-bond acceptors (Lipinski definition) is 3. The molecule has 1 unspecified atom stereocenters. The van der Waals surface area contributed by atoms with Crippen molar-refractivity contribution in [1.29, 1.82) is 0 Å². The Morgan fingerprint density at radius 2 is 1.43 bits per heavy atom. The van der Waals surface area contributed by atoms with Gasteiger partial charge in [-0.15, -0.1) is 6.58 Å². The molecule has 1 heterocycles. The number of para-hydroxylation sites is 3. The molecule has 4 heteroatoms. The van der Waals surface area contributed by atoms with E-state index in [0.29, 0.717) is 12.8 Å². The summed E-state index contributed by atoms with van der Waals surface area (Å²) in [6.07, 6.45) is 9.34. The number of hydrogen-bond donors (Lipinski definition) is 3. The Bertz CT molecular complexity index is 2090. The van der Waals surface area contributed by atoms with Gasteiger partial charge in [-0.1, -0.05) is 97.1 Å².